The number of carbonyl (C=O) groups excluding carboxylic acids is 1. The number of aromatic nitrogens is 5. The molecule has 0 aliphatic rings. The van der Waals surface area contributed by atoms with Crippen LogP contribution in [0.5, 0.6) is 0 Å². The molecule has 0 aliphatic heterocycles. The maximum absolute atomic E-state index is 12.6. The summed E-state index contributed by atoms with van der Waals surface area (Å²) in [6.07, 6.45) is 10.5. The molecular formula is C25H26N6O2. The van der Waals surface area contributed by atoms with Crippen LogP contribution in [0.15, 0.2) is 53.5 Å². The number of Topliss-reactive ketones (excluding diaryl/α,β-unsaturated/α-hetero) is 1. The van der Waals surface area contributed by atoms with Gasteiger partial charge in [0.15, 0.2) is 11.4 Å². The lowest BCUT2D eigenvalue weighted by molar-refractivity contribution is 0.101. The van der Waals surface area contributed by atoms with E-state index in [9.17, 15) is 9.59 Å². The lowest BCUT2D eigenvalue weighted by Gasteiger charge is -2.25. The minimum Gasteiger partial charge on any atom is -0.350 e. The fourth-order valence-electron chi connectivity index (χ4n) is 3.66. The molecule has 0 unspecified atom stereocenters. The Bertz CT molecular complexity index is 1350. The molecule has 1 N–H and O–H groups in total. The van der Waals surface area contributed by atoms with E-state index >= 15 is 0 Å². The average Bonchev–Trinajstić information content (AvgIpc) is 3.15. The number of terminal acetylenes is 1. The number of hydrogen-bond acceptors (Lipinski definition) is 6. The van der Waals surface area contributed by atoms with Crippen LogP contribution in [0.4, 0.5) is 5.82 Å². The van der Waals surface area contributed by atoms with Crippen LogP contribution in [-0.2, 0) is 6.54 Å². The zero-order valence-electron chi connectivity index (χ0n) is 18.9. The maximum atomic E-state index is 12.6. The van der Waals surface area contributed by atoms with Gasteiger partial charge in [0.25, 0.3) is 0 Å². The van der Waals surface area contributed by atoms with Crippen molar-refractivity contribution in [1.29, 1.82) is 0 Å². The Balaban J connectivity index is 0.00000149. The molecular weight excluding hydrogens is 416 g/mol. The third kappa shape index (κ3) is 4.99. The number of imidazole rings is 1. The van der Waals surface area contributed by atoms with E-state index in [1.807, 2.05) is 30.0 Å². The Hall–Kier alpha value is -4.25. The molecule has 0 spiro atoms. The van der Waals surface area contributed by atoms with Crippen molar-refractivity contribution in [1.82, 2.24) is 24.5 Å². The molecule has 8 nitrogen and oxygen atoms in total. The molecule has 4 aromatic rings. The molecule has 0 amide bonds. The monoisotopic (exact) mass is 442 g/mol. The molecule has 0 atom stereocenters. The van der Waals surface area contributed by atoms with Crippen molar-refractivity contribution < 1.29 is 4.79 Å². The van der Waals surface area contributed by atoms with E-state index in [-0.39, 0.29) is 11.5 Å². The summed E-state index contributed by atoms with van der Waals surface area (Å²) in [5.74, 6) is 0.892. The topological polar surface area (TPSA) is 96.8 Å². The number of fused-ring (bicyclic) bond motifs is 1. The standard InChI is InChI=1S/C23H24N6O2.C2H2/c1-4-13-28(14-17-8-5-7-15(2)25-17)22-18(16(3)30)10-11-20(26-22)29-19-9-6-12-24-21(19)27-23(29)31;1-2/h5-12H,4,13-14H2,1-3H3,(H,24,27,31);1-2H. The second-order valence-electron chi connectivity index (χ2n) is 7.43. The number of rotatable bonds is 7. The molecule has 4 aromatic heterocycles. The zero-order valence-corrected chi connectivity index (χ0v) is 18.9. The van der Waals surface area contributed by atoms with E-state index in [0.717, 1.165) is 17.8 Å². The first-order valence-electron chi connectivity index (χ1n) is 10.6. The third-order valence-corrected chi connectivity index (χ3v) is 5.02. The van der Waals surface area contributed by atoms with Crippen molar-refractivity contribution in [2.75, 3.05) is 11.4 Å². The highest BCUT2D eigenvalue weighted by atomic mass is 16.1. The molecule has 4 heterocycles. The van der Waals surface area contributed by atoms with Crippen molar-refractivity contribution in [3.63, 3.8) is 0 Å². The van der Waals surface area contributed by atoms with Gasteiger partial charge >= 0.3 is 5.69 Å². The predicted octanol–water partition coefficient (Wildman–Crippen LogP) is 3.68. The van der Waals surface area contributed by atoms with Gasteiger partial charge in [0.1, 0.15) is 11.6 Å². The number of pyridine rings is 3. The van der Waals surface area contributed by atoms with Crippen molar-refractivity contribution in [2.24, 2.45) is 0 Å². The fraction of sp³-hybridized carbons (Fsp3) is 0.240. The van der Waals surface area contributed by atoms with Crippen LogP contribution in [0, 0.1) is 19.8 Å². The van der Waals surface area contributed by atoms with Gasteiger partial charge in [-0.1, -0.05) is 13.0 Å². The molecule has 8 heteroatoms. The zero-order chi connectivity index (χ0) is 24.0. The first-order chi connectivity index (χ1) is 16.0. The first kappa shape index (κ1) is 23.4. The Morgan fingerprint density at radius 2 is 1.91 bits per heavy atom. The highest BCUT2D eigenvalue weighted by molar-refractivity contribution is 5.99. The van der Waals surface area contributed by atoms with Gasteiger partial charge in [-0.15, -0.1) is 12.8 Å². The summed E-state index contributed by atoms with van der Waals surface area (Å²) in [4.78, 5) is 43.4. The summed E-state index contributed by atoms with van der Waals surface area (Å²) < 4.78 is 1.48. The van der Waals surface area contributed by atoms with Crippen LogP contribution in [-0.4, -0.2) is 36.8 Å². The summed E-state index contributed by atoms with van der Waals surface area (Å²) in [5.41, 5.74) is 3.12. The van der Waals surface area contributed by atoms with Gasteiger partial charge in [-0.2, -0.15) is 0 Å². The van der Waals surface area contributed by atoms with Crippen LogP contribution in [0.2, 0.25) is 0 Å². The minimum atomic E-state index is -0.329. The number of carbonyl (C=O) groups is 1. The molecule has 4 rings (SSSR count). The normalized spacial score (nSPS) is 10.5. The number of anilines is 1. The van der Waals surface area contributed by atoms with Gasteiger partial charge in [-0.3, -0.25) is 14.8 Å². The lowest BCUT2D eigenvalue weighted by atomic mass is 10.1. The van der Waals surface area contributed by atoms with Crippen molar-refractivity contribution in [2.45, 2.75) is 33.7 Å². The summed E-state index contributed by atoms with van der Waals surface area (Å²) in [6.45, 7) is 6.75. The second kappa shape index (κ2) is 10.4. The summed E-state index contributed by atoms with van der Waals surface area (Å²) in [7, 11) is 0. The molecule has 0 fully saturated rings. The number of aromatic amines is 1. The number of aryl methyl sites for hydroxylation is 1. The Morgan fingerprint density at radius 3 is 2.61 bits per heavy atom. The SMILES string of the molecule is C#C.CCCN(Cc1cccc(C)n1)c1nc(-n2c(=O)[nH]c3ncccc32)ccc1C(C)=O. The molecule has 0 radical (unpaired) electrons. The minimum absolute atomic E-state index is 0.0831. The molecule has 168 valence electrons. The van der Waals surface area contributed by atoms with Crippen LogP contribution in [0.25, 0.3) is 17.0 Å². The van der Waals surface area contributed by atoms with E-state index in [2.05, 4.69) is 34.7 Å². The second-order valence-corrected chi connectivity index (χ2v) is 7.43. The van der Waals surface area contributed by atoms with Gasteiger partial charge in [0, 0.05) is 18.4 Å². The van der Waals surface area contributed by atoms with Crippen molar-refractivity contribution in [3.8, 4) is 18.7 Å². The quantitative estimate of drug-likeness (QED) is 0.346. The largest absolute Gasteiger partial charge is 0.350 e. The summed E-state index contributed by atoms with van der Waals surface area (Å²) in [6, 6.07) is 12.9. The van der Waals surface area contributed by atoms with Gasteiger partial charge in [-0.25, -0.2) is 19.3 Å². The van der Waals surface area contributed by atoms with Crippen molar-refractivity contribution in [3.05, 3.63) is 76.1 Å². The van der Waals surface area contributed by atoms with Crippen LogP contribution >= 0.6 is 0 Å². The van der Waals surface area contributed by atoms with Crippen molar-refractivity contribution >= 4 is 22.8 Å². The summed E-state index contributed by atoms with van der Waals surface area (Å²) in [5, 5.41) is 0. The van der Waals surface area contributed by atoms with E-state index in [0.29, 0.717) is 41.5 Å². The average molecular weight is 443 g/mol. The van der Waals surface area contributed by atoms with Crippen LogP contribution in [0.3, 0.4) is 0 Å². The number of nitrogens with one attached hydrogen (secondary N) is 1. The smallest absolute Gasteiger partial charge is 0.333 e. The van der Waals surface area contributed by atoms with Gasteiger partial charge in [-0.05, 0) is 56.7 Å². The van der Waals surface area contributed by atoms with E-state index < -0.39 is 0 Å². The molecule has 0 aromatic carbocycles. The fourth-order valence-corrected chi connectivity index (χ4v) is 3.66. The number of H-pyrrole nitrogens is 1. The lowest BCUT2D eigenvalue weighted by Crippen LogP contribution is -2.28. The number of nitrogens with zero attached hydrogens (tertiary/aromatic N) is 5. The Labute approximate surface area is 192 Å². The van der Waals surface area contributed by atoms with E-state index in [4.69, 9.17) is 4.98 Å². The van der Waals surface area contributed by atoms with Crippen LogP contribution < -0.4 is 10.6 Å². The molecule has 0 saturated carbocycles. The summed E-state index contributed by atoms with van der Waals surface area (Å²) >= 11 is 0. The Morgan fingerprint density at radius 1 is 1.12 bits per heavy atom. The highest BCUT2D eigenvalue weighted by Gasteiger charge is 2.19. The molecule has 0 aliphatic carbocycles. The predicted molar refractivity (Wildman–Crippen MR) is 130 cm³/mol. The third-order valence-electron chi connectivity index (χ3n) is 5.02. The number of ketones is 1. The van der Waals surface area contributed by atoms with Gasteiger partial charge in [0.2, 0.25) is 0 Å². The molecule has 0 saturated heterocycles. The van der Waals surface area contributed by atoms with Gasteiger partial charge in [0.05, 0.1) is 23.3 Å². The number of hydrogen-bond donors (Lipinski definition) is 1. The first-order valence-corrected chi connectivity index (χ1v) is 10.6. The molecule has 33 heavy (non-hydrogen) atoms. The van der Waals surface area contributed by atoms with E-state index in [1.165, 1.54) is 11.5 Å². The van der Waals surface area contributed by atoms with Gasteiger partial charge < -0.3 is 4.90 Å². The molecule has 0 bridgehead atoms. The highest BCUT2D eigenvalue weighted by Crippen LogP contribution is 2.24. The maximum Gasteiger partial charge on any atom is 0.333 e. The van der Waals surface area contributed by atoms with Crippen LogP contribution in [0.1, 0.15) is 42.0 Å². The Kier molecular flexibility index (Phi) is 7.36. The van der Waals surface area contributed by atoms with E-state index in [1.54, 1.807) is 30.5 Å².